The van der Waals surface area contributed by atoms with Gasteiger partial charge in [-0.05, 0) is 6.42 Å². The summed E-state index contributed by atoms with van der Waals surface area (Å²) in [5.74, 6) is -0.644. The molecule has 0 radical (unpaired) electrons. The van der Waals surface area contributed by atoms with Crippen molar-refractivity contribution in [3.8, 4) is 0 Å². The Labute approximate surface area is 103 Å². The van der Waals surface area contributed by atoms with Crippen LogP contribution < -0.4 is 0 Å². The van der Waals surface area contributed by atoms with E-state index in [9.17, 15) is 9.59 Å². The maximum Gasteiger partial charge on any atom is 0.305 e. The van der Waals surface area contributed by atoms with Crippen LogP contribution in [0.15, 0.2) is 22.7 Å². The van der Waals surface area contributed by atoms with Crippen LogP contribution >= 0.6 is 15.9 Å². The van der Waals surface area contributed by atoms with E-state index in [1.165, 1.54) is 4.90 Å². The Balaban J connectivity index is 2.44. The Morgan fingerprint density at radius 1 is 1.69 bits per heavy atom. The van der Waals surface area contributed by atoms with Crippen LogP contribution in [-0.4, -0.2) is 35.5 Å². The average Bonchev–Trinajstić information content (AvgIpc) is 2.26. The number of aliphatic carboxylic acids is 1. The highest BCUT2D eigenvalue weighted by Crippen LogP contribution is 2.26. The number of carbonyl (C=O) groups is 2. The van der Waals surface area contributed by atoms with Gasteiger partial charge in [0.2, 0.25) is 6.41 Å². The highest BCUT2D eigenvalue weighted by Gasteiger charge is 2.16. The lowest BCUT2D eigenvalue weighted by molar-refractivity contribution is -0.137. The Bertz CT molecular complexity index is 325. The van der Waals surface area contributed by atoms with E-state index < -0.39 is 5.97 Å². The Hall–Kier alpha value is -1.10. The zero-order valence-electron chi connectivity index (χ0n) is 8.80. The number of allylic oxidation sites excluding steroid dienone is 3. The molecule has 16 heavy (non-hydrogen) atoms. The minimum absolute atomic E-state index is 0.0113. The summed E-state index contributed by atoms with van der Waals surface area (Å²) >= 11 is 3.44. The number of carboxylic acids is 1. The quantitative estimate of drug-likeness (QED) is 0.758. The van der Waals surface area contributed by atoms with Crippen molar-refractivity contribution in [1.82, 2.24) is 4.90 Å². The van der Waals surface area contributed by atoms with E-state index in [0.717, 1.165) is 10.9 Å². The molecule has 1 unspecified atom stereocenters. The lowest BCUT2D eigenvalue weighted by Gasteiger charge is -2.24. The van der Waals surface area contributed by atoms with Gasteiger partial charge in [0, 0.05) is 23.5 Å². The summed E-state index contributed by atoms with van der Waals surface area (Å²) in [5.41, 5.74) is 0. The fourth-order valence-electron chi connectivity index (χ4n) is 1.52. The van der Waals surface area contributed by atoms with Crippen LogP contribution in [0.5, 0.6) is 0 Å². The fourth-order valence-corrected chi connectivity index (χ4v) is 2.01. The van der Waals surface area contributed by atoms with Crippen LogP contribution in [0.3, 0.4) is 0 Å². The molecule has 0 aromatic heterocycles. The molecule has 0 aromatic rings. The van der Waals surface area contributed by atoms with Gasteiger partial charge in [0.1, 0.15) is 0 Å². The predicted octanol–water partition coefficient (Wildman–Crippen LogP) is 1.77. The number of rotatable bonds is 6. The number of amides is 1. The Morgan fingerprint density at radius 2 is 2.44 bits per heavy atom. The summed E-state index contributed by atoms with van der Waals surface area (Å²) in [4.78, 5) is 22.7. The number of nitrogens with zero attached hydrogens (tertiary/aromatic N) is 1. The van der Waals surface area contributed by atoms with Gasteiger partial charge >= 0.3 is 5.97 Å². The number of halogens is 1. The molecule has 5 heteroatoms. The third-order valence-electron chi connectivity index (χ3n) is 2.42. The van der Waals surface area contributed by atoms with E-state index in [-0.39, 0.29) is 18.9 Å². The molecule has 0 heterocycles. The molecule has 0 aromatic carbocycles. The van der Waals surface area contributed by atoms with E-state index in [0.29, 0.717) is 13.0 Å². The van der Waals surface area contributed by atoms with Gasteiger partial charge in [0.05, 0.1) is 6.42 Å². The molecule has 0 saturated carbocycles. The first kappa shape index (κ1) is 13.0. The summed E-state index contributed by atoms with van der Waals surface area (Å²) < 4.78 is 1.05. The van der Waals surface area contributed by atoms with Crippen LogP contribution in [0, 0.1) is 5.92 Å². The zero-order valence-corrected chi connectivity index (χ0v) is 10.4. The first-order valence-corrected chi connectivity index (χ1v) is 5.86. The molecule has 0 spiro atoms. The standard InChI is InChI=1S/C11H14BrNO3/c12-10-4-2-1-3-9(10)7-13(8-14)6-5-11(15)16/h1-2,4,8-9H,3,5-7H2,(H,15,16). The lowest BCUT2D eigenvalue weighted by Crippen LogP contribution is -2.30. The SMILES string of the molecule is O=CN(CCC(=O)O)CC1CC=CC=C1Br. The molecular formula is C11H14BrNO3. The monoisotopic (exact) mass is 287 g/mol. The zero-order chi connectivity index (χ0) is 12.0. The van der Waals surface area contributed by atoms with Gasteiger partial charge in [0.25, 0.3) is 0 Å². The molecule has 1 aliphatic rings. The Kier molecular flexibility index (Phi) is 5.25. The molecule has 88 valence electrons. The van der Waals surface area contributed by atoms with Crippen molar-refractivity contribution < 1.29 is 14.7 Å². The van der Waals surface area contributed by atoms with Crippen LogP contribution in [-0.2, 0) is 9.59 Å². The molecule has 1 amide bonds. The second-order valence-corrected chi connectivity index (χ2v) is 4.57. The van der Waals surface area contributed by atoms with Gasteiger partial charge in [-0.15, -0.1) is 0 Å². The number of carboxylic acid groups (broad SMARTS) is 1. The molecule has 1 atom stereocenters. The topological polar surface area (TPSA) is 57.6 Å². The van der Waals surface area contributed by atoms with Gasteiger partial charge in [-0.25, -0.2) is 0 Å². The van der Waals surface area contributed by atoms with Crippen molar-refractivity contribution in [1.29, 1.82) is 0 Å². The molecule has 1 rings (SSSR count). The van der Waals surface area contributed by atoms with Crippen molar-refractivity contribution in [2.24, 2.45) is 5.92 Å². The fraction of sp³-hybridized carbons (Fsp3) is 0.455. The van der Waals surface area contributed by atoms with Crippen LogP contribution in [0.2, 0.25) is 0 Å². The number of carbonyl (C=O) groups excluding carboxylic acids is 1. The molecule has 4 nitrogen and oxygen atoms in total. The summed E-state index contributed by atoms with van der Waals surface area (Å²) in [6, 6.07) is 0. The molecular weight excluding hydrogens is 274 g/mol. The van der Waals surface area contributed by atoms with Gasteiger partial charge in [-0.3, -0.25) is 9.59 Å². The smallest absolute Gasteiger partial charge is 0.305 e. The van der Waals surface area contributed by atoms with E-state index in [1.807, 2.05) is 18.2 Å². The van der Waals surface area contributed by atoms with E-state index in [1.54, 1.807) is 0 Å². The van der Waals surface area contributed by atoms with Crippen molar-refractivity contribution >= 4 is 28.3 Å². The van der Waals surface area contributed by atoms with Crippen molar-refractivity contribution in [2.45, 2.75) is 12.8 Å². The maximum atomic E-state index is 10.8. The second-order valence-electron chi connectivity index (χ2n) is 3.66. The van der Waals surface area contributed by atoms with Crippen molar-refractivity contribution in [3.63, 3.8) is 0 Å². The van der Waals surface area contributed by atoms with Crippen molar-refractivity contribution in [2.75, 3.05) is 13.1 Å². The average molecular weight is 288 g/mol. The third-order valence-corrected chi connectivity index (χ3v) is 3.33. The summed E-state index contributed by atoms with van der Waals surface area (Å²) in [6.07, 6.45) is 7.52. The Morgan fingerprint density at radius 3 is 3.00 bits per heavy atom. The van der Waals surface area contributed by atoms with E-state index >= 15 is 0 Å². The lowest BCUT2D eigenvalue weighted by atomic mass is 10.0. The third kappa shape index (κ3) is 4.18. The van der Waals surface area contributed by atoms with Crippen LogP contribution in [0.1, 0.15) is 12.8 Å². The van der Waals surface area contributed by atoms with E-state index in [2.05, 4.69) is 15.9 Å². The van der Waals surface area contributed by atoms with Gasteiger partial charge in [-0.2, -0.15) is 0 Å². The summed E-state index contributed by atoms with van der Waals surface area (Å²) in [6.45, 7) is 0.817. The van der Waals surface area contributed by atoms with Gasteiger partial charge in [0.15, 0.2) is 0 Å². The molecule has 0 bridgehead atoms. The molecule has 0 saturated heterocycles. The van der Waals surface area contributed by atoms with Gasteiger partial charge < -0.3 is 10.0 Å². The maximum absolute atomic E-state index is 10.8. The first-order valence-electron chi connectivity index (χ1n) is 5.07. The predicted molar refractivity (Wildman–Crippen MR) is 64.1 cm³/mol. The first-order chi connectivity index (χ1) is 7.63. The van der Waals surface area contributed by atoms with E-state index in [4.69, 9.17) is 5.11 Å². The minimum Gasteiger partial charge on any atom is -0.481 e. The second kappa shape index (κ2) is 6.48. The summed E-state index contributed by atoms with van der Waals surface area (Å²) in [7, 11) is 0. The molecule has 0 aliphatic heterocycles. The summed E-state index contributed by atoms with van der Waals surface area (Å²) in [5, 5.41) is 8.54. The molecule has 1 N–H and O–H groups in total. The normalized spacial score (nSPS) is 19.1. The van der Waals surface area contributed by atoms with Crippen LogP contribution in [0.25, 0.3) is 0 Å². The minimum atomic E-state index is -0.884. The largest absolute Gasteiger partial charge is 0.481 e. The highest BCUT2D eigenvalue weighted by molar-refractivity contribution is 9.11. The van der Waals surface area contributed by atoms with Gasteiger partial charge in [-0.1, -0.05) is 34.2 Å². The molecule has 1 aliphatic carbocycles. The highest BCUT2D eigenvalue weighted by atomic mass is 79.9. The van der Waals surface area contributed by atoms with Crippen LogP contribution in [0.4, 0.5) is 0 Å². The number of hydrogen-bond donors (Lipinski definition) is 1. The number of hydrogen-bond acceptors (Lipinski definition) is 2. The molecule has 0 fully saturated rings. The van der Waals surface area contributed by atoms with Crippen molar-refractivity contribution in [3.05, 3.63) is 22.7 Å².